The number of β-amino-alcohol motifs (C(OH)–C–C–N with tert-alkyl or cyclic N) is 1. The van der Waals surface area contributed by atoms with E-state index in [0.717, 1.165) is 0 Å². The van der Waals surface area contributed by atoms with Crippen molar-refractivity contribution in [2.75, 3.05) is 40.6 Å². The van der Waals surface area contributed by atoms with Crippen LogP contribution in [0.1, 0.15) is 20.8 Å². The zero-order valence-electron chi connectivity index (χ0n) is 11.7. The van der Waals surface area contributed by atoms with Crippen molar-refractivity contribution in [3.63, 3.8) is 0 Å². The third kappa shape index (κ3) is 9.50. The summed E-state index contributed by atoms with van der Waals surface area (Å²) in [5, 5.41) is 13.0. The predicted molar refractivity (Wildman–Crippen MR) is 67.3 cm³/mol. The van der Waals surface area contributed by atoms with Gasteiger partial charge in [-0.15, -0.1) is 0 Å². The Balaban J connectivity index is 3.68. The molecule has 0 heterocycles. The third-order valence-electron chi connectivity index (χ3n) is 2.30. The molecule has 0 aromatic heterocycles. The molecule has 5 nitrogen and oxygen atoms in total. The van der Waals surface area contributed by atoms with E-state index in [1.54, 1.807) is 14.2 Å². The molecule has 2 atom stereocenters. The highest BCUT2D eigenvalue weighted by atomic mass is 16.5. The molecular weight excluding hydrogens is 222 g/mol. The van der Waals surface area contributed by atoms with Crippen molar-refractivity contribution in [2.24, 2.45) is 0 Å². The summed E-state index contributed by atoms with van der Waals surface area (Å²) < 4.78 is 15.4. The van der Waals surface area contributed by atoms with Crippen LogP contribution < -0.4 is 5.32 Å². The summed E-state index contributed by atoms with van der Waals surface area (Å²) in [6.07, 6.45) is -0.521. The summed E-state index contributed by atoms with van der Waals surface area (Å²) in [5.74, 6) is 0. The van der Waals surface area contributed by atoms with Crippen LogP contribution in [0.2, 0.25) is 0 Å². The van der Waals surface area contributed by atoms with Crippen LogP contribution >= 0.6 is 0 Å². The van der Waals surface area contributed by atoms with Crippen molar-refractivity contribution in [3.05, 3.63) is 0 Å². The standard InChI is InChI=1S/C12H27NO4/c1-10(7-15-4)17-8-11(14)6-13-12(2,3)9-16-5/h10-11,13-14H,6-9H2,1-5H3. The average Bonchev–Trinajstić information content (AvgIpc) is 2.24. The van der Waals surface area contributed by atoms with Crippen LogP contribution in [0.25, 0.3) is 0 Å². The van der Waals surface area contributed by atoms with E-state index in [1.165, 1.54) is 0 Å². The van der Waals surface area contributed by atoms with E-state index >= 15 is 0 Å². The van der Waals surface area contributed by atoms with E-state index in [2.05, 4.69) is 5.32 Å². The highest BCUT2D eigenvalue weighted by molar-refractivity contribution is 4.78. The van der Waals surface area contributed by atoms with Crippen LogP contribution in [0, 0.1) is 0 Å². The first-order valence-corrected chi connectivity index (χ1v) is 5.94. The maximum Gasteiger partial charge on any atom is 0.0898 e. The Morgan fingerprint density at radius 3 is 2.35 bits per heavy atom. The second-order valence-electron chi connectivity index (χ2n) is 4.95. The second-order valence-corrected chi connectivity index (χ2v) is 4.95. The predicted octanol–water partition coefficient (Wildman–Crippen LogP) is 0.413. The van der Waals surface area contributed by atoms with Gasteiger partial charge in [-0.2, -0.15) is 0 Å². The normalized spacial score (nSPS) is 15.9. The summed E-state index contributed by atoms with van der Waals surface area (Å²) in [6.45, 7) is 7.89. The van der Waals surface area contributed by atoms with E-state index in [1.807, 2.05) is 20.8 Å². The Morgan fingerprint density at radius 2 is 1.82 bits per heavy atom. The molecule has 104 valence electrons. The molecule has 0 aliphatic carbocycles. The van der Waals surface area contributed by atoms with Crippen molar-refractivity contribution in [3.8, 4) is 0 Å². The molecule has 0 rings (SSSR count). The summed E-state index contributed by atoms with van der Waals surface area (Å²) >= 11 is 0. The van der Waals surface area contributed by atoms with Crippen molar-refractivity contribution < 1.29 is 19.3 Å². The Kier molecular flexibility index (Phi) is 8.72. The lowest BCUT2D eigenvalue weighted by Gasteiger charge is -2.27. The number of hydrogen-bond donors (Lipinski definition) is 2. The fraction of sp³-hybridized carbons (Fsp3) is 1.00. The lowest BCUT2D eigenvalue weighted by molar-refractivity contribution is -0.0332. The van der Waals surface area contributed by atoms with Gasteiger partial charge in [-0.1, -0.05) is 0 Å². The molecule has 0 saturated carbocycles. The molecule has 0 radical (unpaired) electrons. The molecule has 0 aliphatic heterocycles. The van der Waals surface area contributed by atoms with Gasteiger partial charge >= 0.3 is 0 Å². The molecular formula is C12H27NO4. The van der Waals surface area contributed by atoms with Gasteiger partial charge in [0.2, 0.25) is 0 Å². The van der Waals surface area contributed by atoms with Gasteiger partial charge in [-0.25, -0.2) is 0 Å². The Bertz CT molecular complexity index is 187. The average molecular weight is 249 g/mol. The third-order valence-corrected chi connectivity index (χ3v) is 2.30. The largest absolute Gasteiger partial charge is 0.389 e. The van der Waals surface area contributed by atoms with Gasteiger partial charge in [0.15, 0.2) is 0 Å². The number of ether oxygens (including phenoxy) is 3. The van der Waals surface area contributed by atoms with Crippen molar-refractivity contribution >= 4 is 0 Å². The molecule has 2 N–H and O–H groups in total. The monoisotopic (exact) mass is 249 g/mol. The maximum atomic E-state index is 9.73. The minimum Gasteiger partial charge on any atom is -0.389 e. The summed E-state index contributed by atoms with van der Waals surface area (Å²) in [6, 6.07) is 0. The maximum absolute atomic E-state index is 9.73. The van der Waals surface area contributed by atoms with E-state index in [4.69, 9.17) is 14.2 Å². The SMILES string of the molecule is COCC(C)OCC(O)CNC(C)(C)COC. The van der Waals surface area contributed by atoms with Crippen molar-refractivity contribution in [1.29, 1.82) is 0 Å². The zero-order valence-corrected chi connectivity index (χ0v) is 11.7. The molecule has 0 aromatic carbocycles. The van der Waals surface area contributed by atoms with Crippen molar-refractivity contribution in [2.45, 2.75) is 38.5 Å². The summed E-state index contributed by atoms with van der Waals surface area (Å²) in [5.41, 5.74) is -0.145. The fourth-order valence-electron chi connectivity index (χ4n) is 1.42. The first-order valence-electron chi connectivity index (χ1n) is 5.94. The van der Waals surface area contributed by atoms with Crippen LogP contribution in [-0.4, -0.2) is 63.4 Å². The minimum atomic E-state index is -0.523. The zero-order chi connectivity index (χ0) is 13.3. The van der Waals surface area contributed by atoms with Gasteiger partial charge in [0.1, 0.15) is 0 Å². The summed E-state index contributed by atoms with van der Waals surface area (Å²) in [4.78, 5) is 0. The van der Waals surface area contributed by atoms with Crippen LogP contribution in [0.4, 0.5) is 0 Å². The molecule has 5 heteroatoms. The van der Waals surface area contributed by atoms with E-state index < -0.39 is 6.10 Å². The lowest BCUT2D eigenvalue weighted by atomic mass is 10.1. The molecule has 0 saturated heterocycles. The van der Waals surface area contributed by atoms with Gasteiger partial charge in [0, 0.05) is 26.3 Å². The fourth-order valence-corrected chi connectivity index (χ4v) is 1.42. The Labute approximate surface area is 104 Å². The van der Waals surface area contributed by atoms with Gasteiger partial charge in [0.05, 0.1) is 32.0 Å². The van der Waals surface area contributed by atoms with Crippen molar-refractivity contribution in [1.82, 2.24) is 5.32 Å². The Hall–Kier alpha value is -0.200. The van der Waals surface area contributed by atoms with E-state index in [9.17, 15) is 5.11 Å². The van der Waals surface area contributed by atoms with Gasteiger partial charge in [-0.3, -0.25) is 0 Å². The number of aliphatic hydroxyl groups excluding tert-OH is 1. The molecule has 17 heavy (non-hydrogen) atoms. The number of nitrogens with one attached hydrogen (secondary N) is 1. The summed E-state index contributed by atoms with van der Waals surface area (Å²) in [7, 11) is 3.29. The first kappa shape index (κ1) is 16.8. The second kappa shape index (κ2) is 8.83. The smallest absolute Gasteiger partial charge is 0.0898 e. The van der Waals surface area contributed by atoms with Gasteiger partial charge in [0.25, 0.3) is 0 Å². The molecule has 0 amide bonds. The van der Waals surface area contributed by atoms with Gasteiger partial charge in [-0.05, 0) is 20.8 Å². The Morgan fingerprint density at radius 1 is 1.18 bits per heavy atom. The van der Waals surface area contributed by atoms with Crippen LogP contribution in [0.5, 0.6) is 0 Å². The quantitative estimate of drug-likeness (QED) is 0.587. The topological polar surface area (TPSA) is 60.0 Å². The molecule has 0 aliphatic rings. The molecule has 0 fully saturated rings. The van der Waals surface area contributed by atoms with Crippen LogP contribution in [0.15, 0.2) is 0 Å². The molecule has 0 bridgehead atoms. The van der Waals surface area contributed by atoms with Crippen LogP contribution in [-0.2, 0) is 14.2 Å². The lowest BCUT2D eigenvalue weighted by Crippen LogP contribution is -2.47. The highest BCUT2D eigenvalue weighted by Gasteiger charge is 2.18. The molecule has 0 spiro atoms. The number of aliphatic hydroxyl groups is 1. The molecule has 0 aromatic rings. The first-order chi connectivity index (χ1) is 7.91. The highest BCUT2D eigenvalue weighted by Crippen LogP contribution is 2.02. The van der Waals surface area contributed by atoms with Crippen LogP contribution in [0.3, 0.4) is 0 Å². The van der Waals surface area contributed by atoms with E-state index in [-0.39, 0.29) is 11.6 Å². The van der Waals surface area contributed by atoms with Gasteiger partial charge < -0.3 is 24.6 Å². The number of methoxy groups -OCH3 is 2. The number of rotatable bonds is 10. The molecule has 2 unspecified atom stereocenters. The minimum absolute atomic E-state index is 0.00151. The number of hydrogen-bond acceptors (Lipinski definition) is 5. The van der Waals surface area contributed by atoms with E-state index in [0.29, 0.717) is 26.4 Å².